The van der Waals surface area contributed by atoms with Crippen LogP contribution in [0.25, 0.3) is 10.8 Å². The van der Waals surface area contributed by atoms with E-state index < -0.39 is 19.9 Å². The van der Waals surface area contributed by atoms with Crippen LogP contribution < -0.4 is 4.72 Å². The van der Waals surface area contributed by atoms with Gasteiger partial charge in [-0.2, -0.15) is 0 Å². The fourth-order valence-electron chi connectivity index (χ4n) is 1.98. The molecule has 5 nitrogen and oxygen atoms in total. The van der Waals surface area contributed by atoms with Crippen molar-refractivity contribution < 1.29 is 16.8 Å². The first kappa shape index (κ1) is 15.9. The van der Waals surface area contributed by atoms with Crippen molar-refractivity contribution in [3.63, 3.8) is 0 Å². The molecule has 0 amide bonds. The van der Waals surface area contributed by atoms with Crippen LogP contribution in [0.3, 0.4) is 0 Å². The summed E-state index contributed by atoms with van der Waals surface area (Å²) in [6.45, 7) is 1.41. The maximum absolute atomic E-state index is 12.3. The van der Waals surface area contributed by atoms with E-state index in [1.807, 2.05) is 18.2 Å². The largest absolute Gasteiger partial charge is 0.241 e. The fourth-order valence-corrected chi connectivity index (χ4v) is 4.07. The van der Waals surface area contributed by atoms with Crippen molar-refractivity contribution in [1.29, 1.82) is 0 Å². The van der Waals surface area contributed by atoms with Gasteiger partial charge in [-0.1, -0.05) is 43.3 Å². The third-order valence-electron chi connectivity index (χ3n) is 3.18. The third-order valence-corrected chi connectivity index (χ3v) is 6.41. The molecule has 0 radical (unpaired) electrons. The van der Waals surface area contributed by atoms with E-state index in [1.165, 1.54) is 13.0 Å². The number of hydrogen-bond acceptors (Lipinski definition) is 4. The Balaban J connectivity index is 2.27. The molecule has 114 valence electrons. The minimum atomic E-state index is -3.73. The van der Waals surface area contributed by atoms with Crippen LogP contribution in [0.5, 0.6) is 0 Å². The Morgan fingerprint density at radius 3 is 2.33 bits per heavy atom. The van der Waals surface area contributed by atoms with E-state index in [-0.39, 0.29) is 22.9 Å². The first-order chi connectivity index (χ1) is 9.86. The Labute approximate surface area is 125 Å². The van der Waals surface area contributed by atoms with E-state index in [1.54, 1.807) is 18.2 Å². The lowest BCUT2D eigenvalue weighted by Crippen LogP contribution is -2.29. The molecule has 0 fully saturated rings. The normalized spacial score (nSPS) is 12.6. The lowest BCUT2D eigenvalue weighted by atomic mass is 10.1. The molecule has 0 aromatic heterocycles. The van der Waals surface area contributed by atoms with E-state index in [0.29, 0.717) is 5.39 Å². The molecule has 0 unspecified atom stereocenters. The summed E-state index contributed by atoms with van der Waals surface area (Å²) in [4.78, 5) is 0.162. The van der Waals surface area contributed by atoms with Gasteiger partial charge < -0.3 is 0 Å². The van der Waals surface area contributed by atoms with Gasteiger partial charge in [0.05, 0.1) is 10.6 Å². The van der Waals surface area contributed by atoms with Gasteiger partial charge in [0, 0.05) is 17.7 Å². The van der Waals surface area contributed by atoms with Crippen LogP contribution in [0.1, 0.15) is 6.92 Å². The van der Waals surface area contributed by atoms with Gasteiger partial charge in [0.2, 0.25) is 10.0 Å². The Morgan fingerprint density at radius 1 is 0.952 bits per heavy atom. The summed E-state index contributed by atoms with van der Waals surface area (Å²) >= 11 is 0. The van der Waals surface area contributed by atoms with Crippen LogP contribution in [0.2, 0.25) is 0 Å². The van der Waals surface area contributed by atoms with Gasteiger partial charge in [-0.3, -0.25) is 0 Å². The predicted molar refractivity (Wildman–Crippen MR) is 83.5 cm³/mol. The van der Waals surface area contributed by atoms with Gasteiger partial charge in [-0.05, 0) is 11.5 Å². The molecule has 0 aliphatic carbocycles. The summed E-state index contributed by atoms with van der Waals surface area (Å²) in [5, 5.41) is 1.44. The summed E-state index contributed by atoms with van der Waals surface area (Å²) in [7, 11) is -6.93. The summed E-state index contributed by atoms with van der Waals surface area (Å²) < 4.78 is 49.8. The molecule has 0 atom stereocenters. The predicted octanol–water partition coefficient (Wildman–Crippen LogP) is 1.55. The second kappa shape index (κ2) is 6.13. The van der Waals surface area contributed by atoms with Crippen molar-refractivity contribution in [3.8, 4) is 0 Å². The molecule has 0 saturated carbocycles. The molecule has 2 rings (SSSR count). The van der Waals surface area contributed by atoms with Gasteiger partial charge in [0.15, 0.2) is 9.84 Å². The second-order valence-electron chi connectivity index (χ2n) is 4.61. The average molecular weight is 327 g/mol. The third kappa shape index (κ3) is 3.81. The van der Waals surface area contributed by atoms with E-state index in [4.69, 9.17) is 0 Å². The van der Waals surface area contributed by atoms with E-state index >= 15 is 0 Å². The van der Waals surface area contributed by atoms with Gasteiger partial charge in [0.25, 0.3) is 0 Å². The number of rotatable bonds is 6. The zero-order valence-corrected chi connectivity index (χ0v) is 13.2. The summed E-state index contributed by atoms with van der Waals surface area (Å²) in [6.07, 6.45) is 0. The average Bonchev–Trinajstić information content (AvgIpc) is 2.46. The van der Waals surface area contributed by atoms with E-state index in [2.05, 4.69) is 4.72 Å². The van der Waals surface area contributed by atoms with Gasteiger partial charge >= 0.3 is 0 Å². The first-order valence-electron chi connectivity index (χ1n) is 6.53. The number of fused-ring (bicyclic) bond motifs is 1. The van der Waals surface area contributed by atoms with Crippen molar-refractivity contribution in [3.05, 3.63) is 42.5 Å². The molecule has 2 aromatic rings. The van der Waals surface area contributed by atoms with Crippen LogP contribution in [0.4, 0.5) is 0 Å². The Bertz CT molecular complexity index is 837. The second-order valence-corrected chi connectivity index (χ2v) is 8.82. The smallest absolute Gasteiger partial charge is 0.229 e. The quantitative estimate of drug-likeness (QED) is 0.873. The monoisotopic (exact) mass is 327 g/mol. The molecular weight excluding hydrogens is 310 g/mol. The van der Waals surface area contributed by atoms with Crippen molar-refractivity contribution in [2.75, 3.05) is 18.1 Å². The van der Waals surface area contributed by atoms with Crippen LogP contribution in [-0.4, -0.2) is 34.9 Å². The fraction of sp³-hybridized carbons (Fsp3) is 0.286. The van der Waals surface area contributed by atoms with Gasteiger partial charge in [-0.15, -0.1) is 0 Å². The molecule has 0 heterocycles. The highest BCUT2D eigenvalue weighted by Crippen LogP contribution is 2.22. The van der Waals surface area contributed by atoms with Crippen LogP contribution in [0, 0.1) is 0 Å². The van der Waals surface area contributed by atoms with Gasteiger partial charge in [-0.25, -0.2) is 21.6 Å². The minimum absolute atomic E-state index is 0.00297. The topological polar surface area (TPSA) is 80.3 Å². The SMILES string of the molecule is CCS(=O)(=O)CCNS(=O)(=O)c1cccc2ccccc12. The zero-order valence-electron chi connectivity index (χ0n) is 11.6. The Hall–Kier alpha value is -1.44. The molecule has 1 N–H and O–H groups in total. The minimum Gasteiger partial charge on any atom is -0.229 e. The van der Waals surface area contributed by atoms with Crippen molar-refractivity contribution in [2.24, 2.45) is 0 Å². The van der Waals surface area contributed by atoms with Crippen LogP contribution in [0.15, 0.2) is 47.4 Å². The lowest BCUT2D eigenvalue weighted by molar-refractivity contribution is 0.582. The molecule has 0 spiro atoms. The number of sulfone groups is 1. The lowest BCUT2D eigenvalue weighted by Gasteiger charge is -2.09. The van der Waals surface area contributed by atoms with Gasteiger partial charge in [0.1, 0.15) is 0 Å². The highest BCUT2D eigenvalue weighted by Gasteiger charge is 2.17. The Kier molecular flexibility index (Phi) is 4.65. The number of benzene rings is 2. The molecule has 0 aliphatic heterocycles. The maximum atomic E-state index is 12.3. The maximum Gasteiger partial charge on any atom is 0.241 e. The summed E-state index contributed by atoms with van der Waals surface area (Å²) in [5.74, 6) is -0.198. The van der Waals surface area contributed by atoms with Crippen molar-refractivity contribution in [1.82, 2.24) is 4.72 Å². The summed E-state index contributed by atoms with van der Waals surface area (Å²) in [6, 6.07) is 12.2. The summed E-state index contributed by atoms with van der Waals surface area (Å²) in [5.41, 5.74) is 0. The van der Waals surface area contributed by atoms with E-state index in [0.717, 1.165) is 5.39 Å². The number of hydrogen-bond donors (Lipinski definition) is 1. The number of sulfonamides is 1. The molecule has 0 saturated heterocycles. The molecular formula is C14H17NO4S2. The molecule has 7 heteroatoms. The molecule has 0 aliphatic rings. The molecule has 2 aromatic carbocycles. The molecule has 21 heavy (non-hydrogen) atoms. The first-order valence-corrected chi connectivity index (χ1v) is 9.84. The van der Waals surface area contributed by atoms with Crippen molar-refractivity contribution >= 4 is 30.6 Å². The zero-order chi connectivity index (χ0) is 15.5. The van der Waals surface area contributed by atoms with Crippen LogP contribution >= 0.6 is 0 Å². The molecule has 0 bridgehead atoms. The van der Waals surface area contributed by atoms with Crippen LogP contribution in [-0.2, 0) is 19.9 Å². The Morgan fingerprint density at radius 2 is 1.62 bits per heavy atom. The standard InChI is InChI=1S/C14H17NO4S2/c1-2-20(16,17)11-10-15-21(18,19)14-9-5-7-12-6-3-4-8-13(12)14/h3-9,15H,2,10-11H2,1H3. The van der Waals surface area contributed by atoms with Crippen molar-refractivity contribution in [2.45, 2.75) is 11.8 Å². The number of nitrogens with one attached hydrogen (secondary N) is 1. The highest BCUT2D eigenvalue weighted by molar-refractivity contribution is 7.91. The van der Waals surface area contributed by atoms with E-state index in [9.17, 15) is 16.8 Å². The highest BCUT2D eigenvalue weighted by atomic mass is 32.2.